The molecule has 1 saturated carbocycles. The Morgan fingerprint density at radius 2 is 1.06 bits per heavy atom. The molecule has 0 amide bonds. The minimum atomic E-state index is -0.504. The first-order valence-electron chi connectivity index (χ1n) is 19.0. The molecule has 0 aromatic heterocycles. The van der Waals surface area contributed by atoms with Gasteiger partial charge in [-0.3, -0.25) is 0 Å². The van der Waals surface area contributed by atoms with Gasteiger partial charge in [0.05, 0.1) is 37.1 Å². The zero-order valence-corrected chi connectivity index (χ0v) is 30.8. The van der Waals surface area contributed by atoms with E-state index in [9.17, 15) is 9.59 Å². The van der Waals surface area contributed by atoms with Crippen LogP contribution in [0.3, 0.4) is 0 Å². The molecule has 6 aromatic carbocycles. The van der Waals surface area contributed by atoms with Crippen LogP contribution in [0.25, 0.3) is 32.7 Å². The molecule has 274 valence electrons. The highest BCUT2D eigenvalue weighted by Crippen LogP contribution is 2.46. The van der Waals surface area contributed by atoms with Crippen molar-refractivity contribution < 1.29 is 33.3 Å². The van der Waals surface area contributed by atoms with E-state index in [4.69, 9.17) is 23.7 Å². The van der Waals surface area contributed by atoms with Gasteiger partial charge in [-0.25, -0.2) is 9.59 Å². The number of benzene rings is 6. The van der Waals surface area contributed by atoms with Gasteiger partial charge in [0.1, 0.15) is 23.0 Å². The third-order valence-electron chi connectivity index (χ3n) is 10.3. The highest BCUT2D eigenvalue weighted by molar-refractivity contribution is 6.11. The standard InChI is InChI=1S/C47H44O7/c1-30-27-35(19-21-40(30)50-25-7-9-32-15-16-32)46(48)53-42-23-17-33-10-3-5-13-38(33)44(42)45-39-14-6-4-11-34(39)18-24-43(45)54-47(49)36-20-22-41(31(2)28-36)51-26-8-12-37-29-52-37/h3-6,10-11,13-14,17-24,27-28,32,37H,7-9,12,15-16,25-26,29H2,1-2H3. The molecule has 1 aliphatic carbocycles. The van der Waals surface area contributed by atoms with Crippen LogP contribution in [0, 0.1) is 19.8 Å². The number of carbonyl (C=O) groups excluding carboxylic acids is 2. The molecule has 0 spiro atoms. The lowest BCUT2D eigenvalue weighted by Crippen LogP contribution is -2.12. The number of epoxide rings is 1. The van der Waals surface area contributed by atoms with E-state index in [1.54, 1.807) is 18.2 Å². The maximum Gasteiger partial charge on any atom is 0.343 e. The van der Waals surface area contributed by atoms with Gasteiger partial charge >= 0.3 is 11.9 Å². The fourth-order valence-electron chi connectivity index (χ4n) is 7.07. The Morgan fingerprint density at radius 1 is 0.593 bits per heavy atom. The summed E-state index contributed by atoms with van der Waals surface area (Å²) in [6.07, 6.45) is 7.17. The van der Waals surface area contributed by atoms with Gasteiger partial charge in [0.25, 0.3) is 0 Å². The van der Waals surface area contributed by atoms with Gasteiger partial charge < -0.3 is 23.7 Å². The zero-order chi connectivity index (χ0) is 37.0. The Hall–Kier alpha value is -5.66. The van der Waals surface area contributed by atoms with Crippen molar-refractivity contribution in [2.24, 2.45) is 5.92 Å². The largest absolute Gasteiger partial charge is 0.493 e. The SMILES string of the molecule is Cc1cc(C(=O)Oc2ccc3ccccc3c2-c2c(OC(=O)c3ccc(OCCCC4CO4)c(C)c3)ccc3ccccc23)ccc1OCCCC1CC1. The van der Waals surface area contributed by atoms with Gasteiger partial charge in [-0.15, -0.1) is 0 Å². The molecule has 54 heavy (non-hydrogen) atoms. The monoisotopic (exact) mass is 720 g/mol. The van der Waals surface area contributed by atoms with Crippen molar-refractivity contribution in [3.8, 4) is 34.1 Å². The molecule has 0 N–H and O–H groups in total. The average molecular weight is 721 g/mol. The topological polar surface area (TPSA) is 83.6 Å². The molecule has 1 atom stereocenters. The van der Waals surface area contributed by atoms with Crippen molar-refractivity contribution in [3.63, 3.8) is 0 Å². The number of esters is 2. The van der Waals surface area contributed by atoms with Crippen LogP contribution in [0.2, 0.25) is 0 Å². The quantitative estimate of drug-likeness (QED) is 0.0452. The summed E-state index contributed by atoms with van der Waals surface area (Å²) in [6, 6.07) is 34.1. The lowest BCUT2D eigenvalue weighted by Gasteiger charge is -2.19. The number of aryl methyl sites for hydroxylation is 2. The Morgan fingerprint density at radius 3 is 1.52 bits per heavy atom. The number of hydrogen-bond acceptors (Lipinski definition) is 7. The van der Waals surface area contributed by atoms with Crippen LogP contribution in [0.15, 0.2) is 109 Å². The number of rotatable bonds is 15. The Balaban J connectivity index is 1.10. The maximum absolute atomic E-state index is 13.9. The molecule has 1 heterocycles. The van der Waals surface area contributed by atoms with E-state index in [2.05, 4.69) is 0 Å². The first-order chi connectivity index (χ1) is 26.4. The van der Waals surface area contributed by atoms with E-state index in [1.807, 2.05) is 105 Å². The first-order valence-corrected chi connectivity index (χ1v) is 19.0. The highest BCUT2D eigenvalue weighted by atomic mass is 16.6. The lowest BCUT2D eigenvalue weighted by molar-refractivity contribution is 0.0723. The summed E-state index contributed by atoms with van der Waals surface area (Å²) < 4.78 is 29.8. The van der Waals surface area contributed by atoms with Gasteiger partial charge in [0, 0.05) is 11.1 Å². The number of ether oxygens (including phenoxy) is 5. The van der Waals surface area contributed by atoms with Crippen molar-refractivity contribution in [2.45, 2.75) is 58.5 Å². The summed E-state index contributed by atoms with van der Waals surface area (Å²) in [6.45, 7) is 5.95. The van der Waals surface area contributed by atoms with Crippen LogP contribution in [0.5, 0.6) is 23.0 Å². The minimum Gasteiger partial charge on any atom is -0.493 e. The fraction of sp³-hybridized carbons (Fsp3) is 0.277. The molecule has 2 aliphatic rings. The predicted molar refractivity (Wildman–Crippen MR) is 211 cm³/mol. The van der Waals surface area contributed by atoms with E-state index in [0.717, 1.165) is 76.0 Å². The van der Waals surface area contributed by atoms with Crippen LogP contribution in [0.4, 0.5) is 0 Å². The van der Waals surface area contributed by atoms with Crippen LogP contribution in [0.1, 0.15) is 70.4 Å². The van der Waals surface area contributed by atoms with Gasteiger partial charge in [-0.1, -0.05) is 73.5 Å². The maximum atomic E-state index is 13.9. The summed E-state index contributed by atoms with van der Waals surface area (Å²) in [4.78, 5) is 27.7. The van der Waals surface area contributed by atoms with Gasteiger partial charge in [0.2, 0.25) is 0 Å². The molecule has 6 aromatic rings. The summed E-state index contributed by atoms with van der Waals surface area (Å²) in [5.74, 6) is 2.09. The molecular formula is C47H44O7. The molecular weight excluding hydrogens is 677 g/mol. The van der Waals surface area contributed by atoms with Crippen molar-refractivity contribution in [1.29, 1.82) is 0 Å². The Labute approximate surface area is 315 Å². The minimum absolute atomic E-state index is 0.353. The van der Waals surface area contributed by atoms with Crippen LogP contribution in [-0.4, -0.2) is 37.9 Å². The molecule has 1 unspecified atom stereocenters. The zero-order valence-electron chi connectivity index (χ0n) is 30.8. The Bertz CT molecular complexity index is 2170. The first kappa shape index (κ1) is 35.4. The van der Waals surface area contributed by atoms with E-state index < -0.39 is 11.9 Å². The lowest BCUT2D eigenvalue weighted by atomic mass is 9.92. The van der Waals surface area contributed by atoms with Gasteiger partial charge in [0.15, 0.2) is 0 Å². The second kappa shape index (κ2) is 15.7. The van der Waals surface area contributed by atoms with Crippen molar-refractivity contribution in [3.05, 3.63) is 131 Å². The summed E-state index contributed by atoms with van der Waals surface area (Å²) in [5.41, 5.74) is 3.85. The van der Waals surface area contributed by atoms with Gasteiger partial charge in [-0.05, 0) is 127 Å². The van der Waals surface area contributed by atoms with Crippen LogP contribution < -0.4 is 18.9 Å². The van der Waals surface area contributed by atoms with Crippen molar-refractivity contribution in [1.82, 2.24) is 0 Å². The summed E-state index contributed by atoms with van der Waals surface area (Å²) >= 11 is 0. The predicted octanol–water partition coefficient (Wildman–Crippen LogP) is 10.8. The molecule has 0 radical (unpaired) electrons. The van der Waals surface area contributed by atoms with Crippen LogP contribution in [-0.2, 0) is 4.74 Å². The Kier molecular flexibility index (Phi) is 10.3. The smallest absolute Gasteiger partial charge is 0.343 e. The summed E-state index contributed by atoms with van der Waals surface area (Å²) in [7, 11) is 0. The average Bonchev–Trinajstić information content (AvgIpc) is 4.13. The normalized spacial score (nSPS) is 14.9. The molecule has 1 aliphatic heterocycles. The fourth-order valence-corrected chi connectivity index (χ4v) is 7.07. The number of fused-ring (bicyclic) bond motifs is 2. The van der Waals surface area contributed by atoms with Crippen molar-refractivity contribution in [2.75, 3.05) is 19.8 Å². The highest BCUT2D eigenvalue weighted by Gasteiger charge is 2.24. The van der Waals surface area contributed by atoms with E-state index in [0.29, 0.717) is 53.1 Å². The van der Waals surface area contributed by atoms with Crippen molar-refractivity contribution >= 4 is 33.5 Å². The molecule has 1 saturated heterocycles. The van der Waals surface area contributed by atoms with E-state index in [-0.39, 0.29) is 0 Å². The molecule has 7 nitrogen and oxygen atoms in total. The number of hydrogen-bond donors (Lipinski definition) is 0. The molecule has 7 heteroatoms. The van der Waals surface area contributed by atoms with Crippen LogP contribution >= 0.6 is 0 Å². The third-order valence-corrected chi connectivity index (χ3v) is 10.3. The molecule has 8 rings (SSSR count). The third kappa shape index (κ3) is 8.12. The second-order valence-corrected chi connectivity index (χ2v) is 14.4. The van der Waals surface area contributed by atoms with E-state index >= 15 is 0 Å². The molecule has 2 fully saturated rings. The van der Waals surface area contributed by atoms with Gasteiger partial charge in [-0.2, -0.15) is 0 Å². The summed E-state index contributed by atoms with van der Waals surface area (Å²) in [5, 5.41) is 3.61. The molecule has 0 bridgehead atoms. The van der Waals surface area contributed by atoms with E-state index in [1.165, 1.54) is 19.3 Å². The number of carbonyl (C=O) groups is 2. The second-order valence-electron chi connectivity index (χ2n) is 14.4.